The summed E-state index contributed by atoms with van der Waals surface area (Å²) in [7, 11) is 4.47. The molecule has 0 atom stereocenters. The molecule has 0 aliphatic rings. The van der Waals surface area contributed by atoms with E-state index in [1.807, 2.05) is 48.5 Å². The van der Waals surface area contributed by atoms with Crippen LogP contribution in [-0.4, -0.2) is 33.5 Å². The van der Waals surface area contributed by atoms with Crippen molar-refractivity contribution in [1.82, 2.24) is 5.43 Å². The number of carbonyl (C=O) groups excluding carboxylic acids is 1. The van der Waals surface area contributed by atoms with Crippen molar-refractivity contribution < 1.29 is 23.7 Å². The Morgan fingerprint density at radius 2 is 1.56 bits per heavy atom. The number of hydrogen-bond donors (Lipinski definition) is 1. The van der Waals surface area contributed by atoms with Gasteiger partial charge in [0.1, 0.15) is 12.4 Å². The fourth-order valence-electron chi connectivity index (χ4n) is 2.84. The summed E-state index contributed by atoms with van der Waals surface area (Å²) in [6, 6.07) is 17.9. The molecule has 3 aromatic rings. The van der Waals surface area contributed by atoms with E-state index in [4.69, 9.17) is 30.5 Å². The van der Waals surface area contributed by atoms with Crippen LogP contribution < -0.4 is 24.4 Å². The summed E-state index contributed by atoms with van der Waals surface area (Å²) in [5, 5.41) is 4.70. The quantitative estimate of drug-likeness (QED) is 0.374. The highest BCUT2D eigenvalue weighted by Gasteiger charge is 2.16. The van der Waals surface area contributed by atoms with Gasteiger partial charge in [0.05, 0.1) is 27.5 Å². The molecule has 166 valence electrons. The molecule has 32 heavy (non-hydrogen) atoms. The Balaban J connectivity index is 1.58. The predicted molar refractivity (Wildman–Crippen MR) is 123 cm³/mol. The average molecular weight is 455 g/mol. The van der Waals surface area contributed by atoms with E-state index in [0.717, 1.165) is 16.9 Å². The lowest BCUT2D eigenvalue weighted by molar-refractivity contribution is 0.0954. The van der Waals surface area contributed by atoms with Gasteiger partial charge in [-0.15, -0.1) is 0 Å². The molecule has 7 nitrogen and oxygen atoms in total. The van der Waals surface area contributed by atoms with Crippen molar-refractivity contribution in [3.05, 3.63) is 82.4 Å². The Kier molecular flexibility index (Phi) is 7.94. The van der Waals surface area contributed by atoms with Crippen molar-refractivity contribution in [1.29, 1.82) is 0 Å². The van der Waals surface area contributed by atoms with Crippen LogP contribution in [0.2, 0.25) is 5.02 Å². The first-order chi connectivity index (χ1) is 15.5. The zero-order valence-corrected chi connectivity index (χ0v) is 18.7. The first-order valence-electron chi connectivity index (χ1n) is 9.64. The Morgan fingerprint density at radius 3 is 2.12 bits per heavy atom. The van der Waals surface area contributed by atoms with Gasteiger partial charge in [0.25, 0.3) is 5.91 Å². The van der Waals surface area contributed by atoms with Crippen LogP contribution >= 0.6 is 11.6 Å². The average Bonchev–Trinajstić information content (AvgIpc) is 2.83. The first-order valence-corrected chi connectivity index (χ1v) is 10.0. The summed E-state index contributed by atoms with van der Waals surface area (Å²) < 4.78 is 21.6. The number of rotatable bonds is 9. The fraction of sp³-hybridized carbons (Fsp3) is 0.167. The zero-order valence-electron chi connectivity index (χ0n) is 17.9. The Bertz CT molecular complexity index is 1060. The van der Waals surface area contributed by atoms with E-state index in [1.165, 1.54) is 21.3 Å². The summed E-state index contributed by atoms with van der Waals surface area (Å²) in [6.45, 7) is 0.440. The molecule has 0 aromatic heterocycles. The van der Waals surface area contributed by atoms with Crippen molar-refractivity contribution in [2.45, 2.75) is 6.61 Å². The van der Waals surface area contributed by atoms with Crippen LogP contribution in [0.5, 0.6) is 23.0 Å². The van der Waals surface area contributed by atoms with E-state index >= 15 is 0 Å². The lowest BCUT2D eigenvalue weighted by Gasteiger charge is -2.13. The van der Waals surface area contributed by atoms with Gasteiger partial charge in [-0.05, 0) is 59.7 Å². The lowest BCUT2D eigenvalue weighted by Crippen LogP contribution is -2.18. The topological polar surface area (TPSA) is 78.4 Å². The SMILES string of the molecule is COc1cc(C(=O)N/N=C\c2ccc(OCc3ccc(Cl)cc3)cc2)cc(OC)c1OC. The lowest BCUT2D eigenvalue weighted by atomic mass is 10.1. The largest absolute Gasteiger partial charge is 0.493 e. The second-order valence-corrected chi connectivity index (χ2v) is 7.03. The highest BCUT2D eigenvalue weighted by atomic mass is 35.5. The number of halogens is 1. The summed E-state index contributed by atoms with van der Waals surface area (Å²) in [4.78, 5) is 12.5. The maximum Gasteiger partial charge on any atom is 0.271 e. The van der Waals surface area contributed by atoms with E-state index in [9.17, 15) is 4.79 Å². The molecular weight excluding hydrogens is 432 g/mol. The number of methoxy groups -OCH3 is 3. The fourth-order valence-corrected chi connectivity index (χ4v) is 2.97. The molecule has 0 aliphatic heterocycles. The highest BCUT2D eigenvalue weighted by molar-refractivity contribution is 6.30. The molecule has 0 saturated carbocycles. The number of nitrogens with zero attached hydrogens (tertiary/aromatic N) is 1. The monoisotopic (exact) mass is 454 g/mol. The van der Waals surface area contributed by atoms with E-state index in [2.05, 4.69) is 10.5 Å². The third kappa shape index (κ3) is 5.92. The van der Waals surface area contributed by atoms with Crippen LogP contribution in [0.3, 0.4) is 0 Å². The van der Waals surface area contributed by atoms with E-state index in [0.29, 0.717) is 34.4 Å². The molecule has 1 N–H and O–H groups in total. The molecule has 0 aliphatic carbocycles. The van der Waals surface area contributed by atoms with Gasteiger partial charge < -0.3 is 18.9 Å². The molecule has 0 saturated heterocycles. The smallest absolute Gasteiger partial charge is 0.271 e. The third-order valence-electron chi connectivity index (χ3n) is 4.51. The van der Waals surface area contributed by atoms with Gasteiger partial charge in [-0.25, -0.2) is 5.43 Å². The van der Waals surface area contributed by atoms with E-state index < -0.39 is 5.91 Å². The molecule has 0 radical (unpaired) electrons. The van der Waals surface area contributed by atoms with Crippen molar-refractivity contribution in [2.24, 2.45) is 5.10 Å². The van der Waals surface area contributed by atoms with Gasteiger partial charge in [-0.1, -0.05) is 23.7 Å². The summed E-state index contributed by atoms with van der Waals surface area (Å²) in [5.74, 6) is 1.49. The second kappa shape index (κ2) is 11.1. The van der Waals surface area contributed by atoms with Crippen molar-refractivity contribution in [2.75, 3.05) is 21.3 Å². The third-order valence-corrected chi connectivity index (χ3v) is 4.76. The van der Waals surface area contributed by atoms with Gasteiger partial charge in [0.15, 0.2) is 11.5 Å². The number of amides is 1. The van der Waals surface area contributed by atoms with Gasteiger partial charge >= 0.3 is 0 Å². The van der Waals surface area contributed by atoms with Gasteiger partial charge in [0.2, 0.25) is 5.75 Å². The minimum absolute atomic E-state index is 0.322. The van der Waals surface area contributed by atoms with E-state index in [-0.39, 0.29) is 0 Å². The van der Waals surface area contributed by atoms with Crippen LogP contribution in [0.4, 0.5) is 0 Å². The zero-order chi connectivity index (χ0) is 22.9. The molecule has 3 aromatic carbocycles. The van der Waals surface area contributed by atoms with Crippen LogP contribution in [0, 0.1) is 0 Å². The molecule has 1 amide bonds. The molecule has 8 heteroatoms. The molecular formula is C24H23ClN2O5. The number of benzene rings is 3. The molecule has 0 spiro atoms. The second-order valence-electron chi connectivity index (χ2n) is 6.60. The first kappa shape index (κ1) is 23.0. The minimum atomic E-state index is -0.413. The van der Waals surface area contributed by atoms with Crippen LogP contribution in [0.25, 0.3) is 0 Å². The van der Waals surface area contributed by atoms with Gasteiger partial charge in [-0.2, -0.15) is 5.10 Å². The number of hydrazone groups is 1. The van der Waals surface area contributed by atoms with Crippen LogP contribution in [-0.2, 0) is 6.61 Å². The number of hydrogen-bond acceptors (Lipinski definition) is 6. The maximum absolute atomic E-state index is 12.5. The summed E-state index contributed by atoms with van der Waals surface area (Å²) >= 11 is 5.89. The highest BCUT2D eigenvalue weighted by Crippen LogP contribution is 2.38. The molecule has 0 bridgehead atoms. The van der Waals surface area contributed by atoms with Crippen molar-refractivity contribution in [3.8, 4) is 23.0 Å². The van der Waals surface area contributed by atoms with E-state index in [1.54, 1.807) is 18.3 Å². The van der Waals surface area contributed by atoms with Crippen LogP contribution in [0.15, 0.2) is 65.8 Å². The van der Waals surface area contributed by atoms with Gasteiger partial charge in [-0.3, -0.25) is 4.79 Å². The summed E-state index contributed by atoms with van der Waals surface area (Å²) in [5.41, 5.74) is 4.63. The number of carbonyl (C=O) groups is 1. The Hall–Kier alpha value is -3.71. The van der Waals surface area contributed by atoms with Crippen molar-refractivity contribution in [3.63, 3.8) is 0 Å². The maximum atomic E-state index is 12.5. The minimum Gasteiger partial charge on any atom is -0.493 e. The standard InChI is InChI=1S/C24H23ClN2O5/c1-29-21-12-18(13-22(30-2)23(21)31-3)24(28)27-26-14-16-6-10-20(11-7-16)32-15-17-4-8-19(25)9-5-17/h4-14H,15H2,1-3H3,(H,27,28)/b26-14-. The Labute approximate surface area is 191 Å². The van der Waals surface area contributed by atoms with Crippen LogP contribution in [0.1, 0.15) is 21.5 Å². The molecule has 3 rings (SSSR count). The molecule has 0 heterocycles. The molecule has 0 fully saturated rings. The molecule has 0 unspecified atom stereocenters. The van der Waals surface area contributed by atoms with Gasteiger partial charge in [0, 0.05) is 10.6 Å². The predicted octanol–water partition coefficient (Wildman–Crippen LogP) is 4.71. The number of nitrogens with one attached hydrogen (secondary N) is 1. The normalized spacial score (nSPS) is 10.6. The summed E-state index contributed by atoms with van der Waals surface area (Å²) in [6.07, 6.45) is 1.54. The van der Waals surface area contributed by atoms with Crippen molar-refractivity contribution >= 4 is 23.7 Å². The Morgan fingerprint density at radius 1 is 0.938 bits per heavy atom. The number of ether oxygens (including phenoxy) is 4.